The molecule has 3 aromatic heterocycles. The normalized spacial score (nSPS) is 15.7. The third-order valence-electron chi connectivity index (χ3n) is 5.94. The van der Waals surface area contributed by atoms with Gasteiger partial charge in [0.2, 0.25) is 11.9 Å². The number of hydrogen-bond donors (Lipinski definition) is 1. The molecular weight excluding hydrogens is 402 g/mol. The monoisotopic (exact) mass is 433 g/mol. The van der Waals surface area contributed by atoms with Gasteiger partial charge in [-0.2, -0.15) is 5.10 Å². The van der Waals surface area contributed by atoms with Gasteiger partial charge >= 0.3 is 0 Å². The summed E-state index contributed by atoms with van der Waals surface area (Å²) in [7, 11) is 0. The molecule has 4 heterocycles. The van der Waals surface area contributed by atoms with Gasteiger partial charge < -0.3 is 10.2 Å². The summed E-state index contributed by atoms with van der Waals surface area (Å²) >= 11 is 0. The van der Waals surface area contributed by atoms with Crippen molar-refractivity contribution in [3.63, 3.8) is 0 Å². The smallest absolute Gasteiger partial charge is 0.225 e. The van der Waals surface area contributed by atoms with Crippen molar-refractivity contribution >= 4 is 11.9 Å². The third kappa shape index (κ3) is 5.12. The highest BCUT2D eigenvalue weighted by molar-refractivity contribution is 5.76. The zero-order chi connectivity index (χ0) is 22.5. The van der Waals surface area contributed by atoms with Gasteiger partial charge in [0.1, 0.15) is 0 Å². The number of rotatable bonds is 7. The number of anilines is 1. The van der Waals surface area contributed by atoms with E-state index in [0.717, 1.165) is 48.7 Å². The van der Waals surface area contributed by atoms with E-state index in [4.69, 9.17) is 4.98 Å². The molecule has 32 heavy (non-hydrogen) atoms. The molecule has 0 saturated carbocycles. The quantitative estimate of drug-likeness (QED) is 0.612. The molecule has 0 bridgehead atoms. The first-order valence-electron chi connectivity index (χ1n) is 11.3. The second kappa shape index (κ2) is 9.89. The fourth-order valence-electron chi connectivity index (χ4n) is 4.15. The van der Waals surface area contributed by atoms with Crippen molar-refractivity contribution in [1.82, 2.24) is 30.0 Å². The van der Waals surface area contributed by atoms with Crippen molar-refractivity contribution in [3.8, 4) is 11.1 Å². The summed E-state index contributed by atoms with van der Waals surface area (Å²) in [6.45, 7) is 7.97. The van der Waals surface area contributed by atoms with Gasteiger partial charge in [-0.15, -0.1) is 0 Å². The molecule has 0 radical (unpaired) electrons. The molecule has 0 aromatic carbocycles. The topological polar surface area (TPSA) is 88.8 Å². The van der Waals surface area contributed by atoms with Gasteiger partial charge in [-0.1, -0.05) is 13.8 Å². The molecule has 1 fully saturated rings. The van der Waals surface area contributed by atoms with Crippen LogP contribution < -0.4 is 10.2 Å². The standard InChI is InChI=1S/C24H31N7O/c1-17(2)23-21(19-5-10-25-11-6-19)16-26-24(29-23)30-13-7-20(8-14-30)28-22(32)15-18(3)31-12-4-9-27-31/h4-6,9-12,16-18,20H,7-8,13-15H2,1-3H3,(H,28,32). The predicted molar refractivity (Wildman–Crippen MR) is 124 cm³/mol. The van der Waals surface area contributed by atoms with Crippen molar-refractivity contribution in [2.24, 2.45) is 0 Å². The molecular formula is C24H31N7O. The van der Waals surface area contributed by atoms with E-state index in [0.29, 0.717) is 6.42 Å². The van der Waals surface area contributed by atoms with Crippen LogP contribution in [0.5, 0.6) is 0 Å². The van der Waals surface area contributed by atoms with Crippen molar-refractivity contribution < 1.29 is 4.79 Å². The molecule has 0 spiro atoms. The zero-order valence-corrected chi connectivity index (χ0v) is 19.0. The van der Waals surface area contributed by atoms with Gasteiger partial charge in [-0.05, 0) is 49.4 Å². The minimum Gasteiger partial charge on any atom is -0.353 e. The van der Waals surface area contributed by atoms with E-state index in [2.05, 4.69) is 39.1 Å². The van der Waals surface area contributed by atoms with Crippen molar-refractivity contribution in [2.75, 3.05) is 18.0 Å². The predicted octanol–water partition coefficient (Wildman–Crippen LogP) is 3.59. The zero-order valence-electron chi connectivity index (χ0n) is 19.0. The number of nitrogens with one attached hydrogen (secondary N) is 1. The number of amides is 1. The average molecular weight is 434 g/mol. The Balaban J connectivity index is 1.35. The first kappa shape index (κ1) is 21.9. The Kier molecular flexibility index (Phi) is 6.78. The summed E-state index contributed by atoms with van der Waals surface area (Å²) in [5, 5.41) is 7.41. The first-order chi connectivity index (χ1) is 15.5. The minimum absolute atomic E-state index is 0.0480. The van der Waals surface area contributed by atoms with E-state index in [1.807, 2.05) is 42.2 Å². The van der Waals surface area contributed by atoms with Gasteiger partial charge in [0.05, 0.1) is 11.7 Å². The lowest BCUT2D eigenvalue weighted by molar-refractivity contribution is -0.122. The van der Waals surface area contributed by atoms with Crippen molar-refractivity contribution in [2.45, 2.75) is 58.0 Å². The van der Waals surface area contributed by atoms with Crippen molar-refractivity contribution in [3.05, 3.63) is 54.9 Å². The maximum atomic E-state index is 12.5. The third-order valence-corrected chi connectivity index (χ3v) is 5.94. The van der Waals surface area contributed by atoms with E-state index in [-0.39, 0.29) is 23.9 Å². The largest absolute Gasteiger partial charge is 0.353 e. The molecule has 1 unspecified atom stereocenters. The van der Waals surface area contributed by atoms with Crippen molar-refractivity contribution in [1.29, 1.82) is 0 Å². The summed E-state index contributed by atoms with van der Waals surface area (Å²) in [4.78, 5) is 28.4. The Morgan fingerprint density at radius 1 is 1.16 bits per heavy atom. The number of hydrogen-bond acceptors (Lipinski definition) is 6. The summed E-state index contributed by atoms with van der Waals surface area (Å²) in [6.07, 6.45) is 11.3. The highest BCUT2D eigenvalue weighted by Crippen LogP contribution is 2.29. The van der Waals surface area contributed by atoms with Crippen LogP contribution in [0.15, 0.2) is 49.2 Å². The van der Waals surface area contributed by atoms with Crippen LogP contribution in [0.4, 0.5) is 5.95 Å². The lowest BCUT2D eigenvalue weighted by Crippen LogP contribution is -2.45. The molecule has 3 aromatic rings. The molecule has 1 aliphatic rings. The van der Waals surface area contributed by atoms with E-state index in [9.17, 15) is 4.79 Å². The number of pyridine rings is 1. The van der Waals surface area contributed by atoms with Gasteiger partial charge in [-0.3, -0.25) is 14.5 Å². The number of nitrogens with zero attached hydrogens (tertiary/aromatic N) is 6. The number of piperidine rings is 1. The van der Waals surface area contributed by atoms with Gasteiger partial charge in [-0.25, -0.2) is 9.97 Å². The summed E-state index contributed by atoms with van der Waals surface area (Å²) < 4.78 is 1.82. The summed E-state index contributed by atoms with van der Waals surface area (Å²) in [6, 6.07) is 6.09. The van der Waals surface area contributed by atoms with Crippen LogP contribution in [0, 0.1) is 0 Å². The van der Waals surface area contributed by atoms with E-state index in [1.54, 1.807) is 18.6 Å². The van der Waals surface area contributed by atoms with Crippen LogP contribution >= 0.6 is 0 Å². The van der Waals surface area contributed by atoms with E-state index < -0.39 is 0 Å². The summed E-state index contributed by atoms with van der Waals surface area (Å²) in [5.41, 5.74) is 3.19. The molecule has 1 N–H and O–H groups in total. The SMILES string of the molecule is CC(C)c1nc(N2CCC(NC(=O)CC(C)n3cccn3)CC2)ncc1-c1ccncc1. The van der Waals surface area contributed by atoms with Crippen LogP contribution in [0.1, 0.15) is 57.7 Å². The number of aromatic nitrogens is 5. The Labute approximate surface area is 189 Å². The Morgan fingerprint density at radius 2 is 1.91 bits per heavy atom. The molecule has 1 saturated heterocycles. The van der Waals surface area contributed by atoms with Crippen LogP contribution in [-0.4, -0.2) is 49.8 Å². The molecule has 8 nitrogen and oxygen atoms in total. The lowest BCUT2D eigenvalue weighted by Gasteiger charge is -2.33. The molecule has 1 aliphatic heterocycles. The minimum atomic E-state index is 0.0480. The van der Waals surface area contributed by atoms with Crippen LogP contribution in [0.2, 0.25) is 0 Å². The Morgan fingerprint density at radius 3 is 2.56 bits per heavy atom. The average Bonchev–Trinajstić information content (AvgIpc) is 3.35. The summed E-state index contributed by atoms with van der Waals surface area (Å²) in [5.74, 6) is 1.13. The van der Waals surface area contributed by atoms with Crippen LogP contribution in [0.25, 0.3) is 11.1 Å². The molecule has 168 valence electrons. The first-order valence-corrected chi connectivity index (χ1v) is 11.3. The van der Waals surface area contributed by atoms with E-state index >= 15 is 0 Å². The molecule has 8 heteroatoms. The molecule has 4 rings (SSSR count). The second-order valence-corrected chi connectivity index (χ2v) is 8.73. The maximum Gasteiger partial charge on any atom is 0.225 e. The Bertz CT molecular complexity index is 1010. The molecule has 1 amide bonds. The van der Waals surface area contributed by atoms with E-state index in [1.165, 1.54) is 0 Å². The van der Waals surface area contributed by atoms with Gasteiger partial charge in [0, 0.05) is 62.1 Å². The van der Waals surface area contributed by atoms with Gasteiger partial charge in [0.25, 0.3) is 0 Å². The van der Waals surface area contributed by atoms with Crippen LogP contribution in [-0.2, 0) is 4.79 Å². The highest BCUT2D eigenvalue weighted by atomic mass is 16.1. The van der Waals surface area contributed by atoms with Gasteiger partial charge in [0.15, 0.2) is 0 Å². The number of carbonyl (C=O) groups excluding carboxylic acids is 1. The highest BCUT2D eigenvalue weighted by Gasteiger charge is 2.24. The lowest BCUT2D eigenvalue weighted by atomic mass is 10.00. The fraction of sp³-hybridized carbons (Fsp3) is 0.458. The second-order valence-electron chi connectivity index (χ2n) is 8.73. The number of carbonyl (C=O) groups is 1. The fourth-order valence-corrected chi connectivity index (χ4v) is 4.15. The van der Waals surface area contributed by atoms with Crippen LogP contribution in [0.3, 0.4) is 0 Å². The Hall–Kier alpha value is -3.29. The molecule has 1 atom stereocenters. The molecule has 0 aliphatic carbocycles. The maximum absolute atomic E-state index is 12.5.